The third kappa shape index (κ3) is 5.60. The van der Waals surface area contributed by atoms with Crippen molar-refractivity contribution in [3.8, 4) is 11.5 Å². The zero-order valence-corrected chi connectivity index (χ0v) is 18.9. The number of carbonyl (C=O) groups is 1. The number of alkyl halides is 2. The van der Waals surface area contributed by atoms with Gasteiger partial charge < -0.3 is 9.47 Å². The number of fused-ring (bicyclic) bond motifs is 1. The average Bonchev–Trinajstić information content (AvgIpc) is 3.14. The summed E-state index contributed by atoms with van der Waals surface area (Å²) in [5.41, 5.74) is -1.07. The van der Waals surface area contributed by atoms with Crippen molar-refractivity contribution in [2.45, 2.75) is 25.9 Å². The van der Waals surface area contributed by atoms with Gasteiger partial charge in [0.25, 0.3) is 6.08 Å². The quantitative estimate of drug-likeness (QED) is 0.188. The molecule has 3 aromatic rings. The first-order valence-electron chi connectivity index (χ1n) is 10.8. The Morgan fingerprint density at radius 3 is 2.03 bits per heavy atom. The van der Waals surface area contributed by atoms with E-state index < -0.39 is 64.1 Å². The van der Waals surface area contributed by atoms with E-state index >= 15 is 0 Å². The fourth-order valence-electron chi connectivity index (χ4n) is 4.08. The number of benzene rings is 3. The molecule has 37 heavy (non-hydrogen) atoms. The van der Waals surface area contributed by atoms with Crippen molar-refractivity contribution in [3.05, 3.63) is 99.6 Å². The lowest BCUT2D eigenvalue weighted by molar-refractivity contribution is -0.189. The molecule has 0 fully saturated rings. The summed E-state index contributed by atoms with van der Waals surface area (Å²) in [5, 5.41) is 0. The van der Waals surface area contributed by atoms with Crippen LogP contribution in [0.25, 0.3) is 6.08 Å². The molecule has 0 bridgehead atoms. The molecule has 194 valence electrons. The van der Waals surface area contributed by atoms with Crippen molar-refractivity contribution in [2.24, 2.45) is 5.92 Å². The van der Waals surface area contributed by atoms with Crippen molar-refractivity contribution in [1.29, 1.82) is 0 Å². The SMILES string of the molecule is CC1Cc2ccc(C(=O)Oc3cc(F)c(C(F)(F)Oc4cc(F)c(C=C(F)F)c(F)c4)c(F)c3)cc2C1. The Morgan fingerprint density at radius 1 is 0.865 bits per heavy atom. The van der Waals surface area contributed by atoms with Crippen LogP contribution in [0.5, 0.6) is 11.5 Å². The van der Waals surface area contributed by atoms with Crippen LogP contribution in [0.1, 0.15) is 39.5 Å². The number of hydrogen-bond donors (Lipinski definition) is 0. The minimum Gasteiger partial charge on any atom is -0.429 e. The minimum atomic E-state index is -4.80. The predicted molar refractivity (Wildman–Crippen MR) is 115 cm³/mol. The fourth-order valence-corrected chi connectivity index (χ4v) is 4.08. The van der Waals surface area contributed by atoms with E-state index in [0.717, 1.165) is 24.0 Å². The van der Waals surface area contributed by atoms with Gasteiger partial charge >= 0.3 is 12.1 Å². The van der Waals surface area contributed by atoms with Crippen molar-refractivity contribution < 1.29 is 49.4 Å². The van der Waals surface area contributed by atoms with Crippen LogP contribution in [0, 0.1) is 29.2 Å². The standard InChI is InChI=1S/C26H16F8O3/c1-12-4-13-2-3-14(6-15(13)5-12)25(35)36-16-7-21(29)24(22(30)8-16)26(33,34)37-17-9-19(27)18(11-23(31)32)20(28)10-17/h2-3,6-12H,4-5H2,1H3. The lowest BCUT2D eigenvalue weighted by atomic mass is 10.1. The first-order chi connectivity index (χ1) is 17.3. The molecule has 3 aromatic carbocycles. The lowest BCUT2D eigenvalue weighted by Gasteiger charge is -2.20. The number of esters is 1. The zero-order valence-electron chi connectivity index (χ0n) is 18.9. The third-order valence-electron chi connectivity index (χ3n) is 5.65. The topological polar surface area (TPSA) is 35.5 Å². The molecule has 1 unspecified atom stereocenters. The molecule has 3 nitrogen and oxygen atoms in total. The third-order valence-corrected chi connectivity index (χ3v) is 5.65. The molecule has 0 aliphatic heterocycles. The van der Waals surface area contributed by atoms with Gasteiger partial charge in [0, 0.05) is 30.3 Å². The molecular weight excluding hydrogens is 512 g/mol. The molecule has 0 saturated carbocycles. The highest BCUT2D eigenvalue weighted by atomic mass is 19.3. The van der Waals surface area contributed by atoms with Crippen LogP contribution < -0.4 is 9.47 Å². The largest absolute Gasteiger partial charge is 0.432 e. The molecule has 0 saturated heterocycles. The normalized spacial score (nSPS) is 14.8. The van der Waals surface area contributed by atoms with Crippen LogP contribution in [0.4, 0.5) is 35.1 Å². The highest BCUT2D eigenvalue weighted by Crippen LogP contribution is 2.38. The summed E-state index contributed by atoms with van der Waals surface area (Å²) in [6.45, 7) is 2.04. The number of rotatable bonds is 6. The van der Waals surface area contributed by atoms with Gasteiger partial charge in [-0.2, -0.15) is 17.6 Å². The van der Waals surface area contributed by atoms with Crippen LogP contribution in [0.3, 0.4) is 0 Å². The van der Waals surface area contributed by atoms with Gasteiger partial charge in [0.1, 0.15) is 40.3 Å². The van der Waals surface area contributed by atoms with Gasteiger partial charge in [0.05, 0.1) is 11.1 Å². The number of carbonyl (C=O) groups excluding carboxylic acids is 1. The molecule has 0 heterocycles. The summed E-state index contributed by atoms with van der Waals surface area (Å²) in [6, 6.07) is 5.74. The fraction of sp³-hybridized carbons (Fsp3) is 0.192. The van der Waals surface area contributed by atoms with E-state index in [-0.39, 0.29) is 23.8 Å². The average molecular weight is 528 g/mol. The highest BCUT2D eigenvalue weighted by Gasteiger charge is 2.42. The van der Waals surface area contributed by atoms with Crippen LogP contribution in [-0.2, 0) is 19.0 Å². The molecule has 1 aliphatic carbocycles. The van der Waals surface area contributed by atoms with Gasteiger partial charge in [0.15, 0.2) is 0 Å². The molecule has 0 radical (unpaired) electrons. The van der Waals surface area contributed by atoms with Gasteiger partial charge in [0.2, 0.25) is 0 Å². The second-order valence-corrected chi connectivity index (χ2v) is 8.50. The Bertz CT molecular complexity index is 1370. The Hall–Kier alpha value is -3.89. The number of hydrogen-bond acceptors (Lipinski definition) is 3. The van der Waals surface area contributed by atoms with Crippen molar-refractivity contribution in [3.63, 3.8) is 0 Å². The molecule has 0 aromatic heterocycles. The van der Waals surface area contributed by atoms with E-state index in [1.807, 2.05) is 6.92 Å². The van der Waals surface area contributed by atoms with Crippen LogP contribution in [-0.4, -0.2) is 5.97 Å². The molecule has 4 rings (SSSR count). The molecule has 0 spiro atoms. The first-order valence-corrected chi connectivity index (χ1v) is 10.8. The lowest BCUT2D eigenvalue weighted by Crippen LogP contribution is -2.25. The second kappa shape index (κ2) is 9.87. The molecule has 1 atom stereocenters. The summed E-state index contributed by atoms with van der Waals surface area (Å²) < 4.78 is 120. The van der Waals surface area contributed by atoms with E-state index in [1.54, 1.807) is 12.1 Å². The molecule has 0 N–H and O–H groups in total. The second-order valence-electron chi connectivity index (χ2n) is 8.50. The summed E-state index contributed by atoms with van der Waals surface area (Å²) in [7, 11) is 0. The Kier molecular flexibility index (Phi) is 6.98. The maximum Gasteiger partial charge on any atom is 0.432 e. The van der Waals surface area contributed by atoms with Gasteiger partial charge in [-0.1, -0.05) is 13.0 Å². The Balaban J connectivity index is 1.55. The highest BCUT2D eigenvalue weighted by molar-refractivity contribution is 5.91. The number of ether oxygens (including phenoxy) is 2. The van der Waals surface area contributed by atoms with E-state index in [9.17, 15) is 39.9 Å². The maximum absolute atomic E-state index is 14.6. The molecule has 1 aliphatic rings. The first kappa shape index (κ1) is 26.2. The van der Waals surface area contributed by atoms with Crippen LogP contribution in [0.15, 0.2) is 48.5 Å². The summed E-state index contributed by atoms with van der Waals surface area (Å²) in [6.07, 6.45) is -5.84. The van der Waals surface area contributed by atoms with E-state index in [0.29, 0.717) is 18.1 Å². The van der Waals surface area contributed by atoms with Gasteiger partial charge in [-0.25, -0.2) is 22.4 Å². The summed E-state index contributed by atoms with van der Waals surface area (Å²) >= 11 is 0. The molecular formula is C26H16F8O3. The van der Waals surface area contributed by atoms with Gasteiger partial charge in [-0.3, -0.25) is 0 Å². The zero-order chi connectivity index (χ0) is 27.1. The number of halogens is 8. The van der Waals surface area contributed by atoms with E-state index in [1.165, 1.54) is 6.07 Å². The Morgan fingerprint density at radius 2 is 1.43 bits per heavy atom. The predicted octanol–water partition coefficient (Wildman–Crippen LogP) is 7.56. The van der Waals surface area contributed by atoms with Crippen LogP contribution in [0.2, 0.25) is 0 Å². The van der Waals surface area contributed by atoms with Gasteiger partial charge in [-0.05, 0) is 42.0 Å². The smallest absolute Gasteiger partial charge is 0.429 e. The van der Waals surface area contributed by atoms with Gasteiger partial charge in [-0.15, -0.1) is 0 Å². The minimum absolute atomic E-state index is 0.0985. The monoisotopic (exact) mass is 528 g/mol. The molecule has 0 amide bonds. The van der Waals surface area contributed by atoms with E-state index in [4.69, 9.17) is 4.74 Å². The van der Waals surface area contributed by atoms with Crippen molar-refractivity contribution in [1.82, 2.24) is 0 Å². The van der Waals surface area contributed by atoms with Crippen LogP contribution >= 0.6 is 0 Å². The van der Waals surface area contributed by atoms with E-state index in [2.05, 4.69) is 4.74 Å². The van der Waals surface area contributed by atoms with Crippen molar-refractivity contribution in [2.75, 3.05) is 0 Å². The Labute approximate surface area is 204 Å². The summed E-state index contributed by atoms with van der Waals surface area (Å²) in [4.78, 5) is 12.4. The maximum atomic E-state index is 14.6. The summed E-state index contributed by atoms with van der Waals surface area (Å²) in [5.74, 6) is -9.63. The van der Waals surface area contributed by atoms with Crippen molar-refractivity contribution >= 4 is 12.0 Å². The molecule has 11 heteroatoms.